The van der Waals surface area contributed by atoms with Crippen molar-refractivity contribution >= 4 is 23.5 Å². The molecule has 4 nitrogen and oxygen atoms in total. The Hall–Kier alpha value is -1.30. The lowest BCUT2D eigenvalue weighted by molar-refractivity contribution is 0.0697. The van der Waals surface area contributed by atoms with Gasteiger partial charge in [0.2, 0.25) is 0 Å². The molecule has 0 amide bonds. The number of anilines is 1. The van der Waals surface area contributed by atoms with E-state index < -0.39 is 11.8 Å². The van der Waals surface area contributed by atoms with Gasteiger partial charge in [-0.15, -0.1) is 0 Å². The van der Waals surface area contributed by atoms with Crippen molar-refractivity contribution in [3.05, 3.63) is 23.6 Å². The minimum absolute atomic E-state index is 0.115. The van der Waals surface area contributed by atoms with E-state index in [1.54, 1.807) is 0 Å². The average Bonchev–Trinajstić information content (AvgIpc) is 2.80. The smallest absolute Gasteiger partial charge is 0.339 e. The molecule has 1 atom stereocenters. The van der Waals surface area contributed by atoms with Crippen molar-refractivity contribution in [2.75, 3.05) is 23.4 Å². The maximum atomic E-state index is 12.9. The van der Waals surface area contributed by atoms with Crippen LogP contribution < -0.4 is 5.32 Å². The molecular formula is C11H13FN2O2S. The Morgan fingerprint density at radius 1 is 1.71 bits per heavy atom. The SMILES string of the molecule is O=C(O)c1cc(F)cnc1NCC1CCSC1. The summed E-state index contributed by atoms with van der Waals surface area (Å²) in [5, 5.41) is 11.9. The van der Waals surface area contributed by atoms with Crippen molar-refractivity contribution < 1.29 is 14.3 Å². The van der Waals surface area contributed by atoms with E-state index in [9.17, 15) is 9.18 Å². The summed E-state index contributed by atoms with van der Waals surface area (Å²) in [4.78, 5) is 14.7. The van der Waals surface area contributed by atoms with E-state index in [1.165, 1.54) is 0 Å². The van der Waals surface area contributed by atoms with Gasteiger partial charge in [-0.25, -0.2) is 14.2 Å². The predicted octanol–water partition coefficient (Wildman–Crippen LogP) is 2.08. The lowest BCUT2D eigenvalue weighted by Gasteiger charge is -2.12. The second kappa shape index (κ2) is 5.35. The van der Waals surface area contributed by atoms with Gasteiger partial charge in [0.1, 0.15) is 17.2 Å². The van der Waals surface area contributed by atoms with Gasteiger partial charge in [0.15, 0.2) is 0 Å². The highest BCUT2D eigenvalue weighted by Gasteiger charge is 2.17. The molecule has 2 N–H and O–H groups in total. The standard InChI is InChI=1S/C11H13FN2O2S/c12-8-3-9(11(15)16)10(14-5-8)13-4-7-1-2-17-6-7/h3,5,7H,1-2,4,6H2,(H,13,14)(H,15,16). The van der Waals surface area contributed by atoms with Crippen molar-refractivity contribution in [1.29, 1.82) is 0 Å². The minimum Gasteiger partial charge on any atom is -0.478 e. The molecule has 1 unspecified atom stereocenters. The first kappa shape index (κ1) is 12.2. The topological polar surface area (TPSA) is 62.2 Å². The van der Waals surface area contributed by atoms with Crippen LogP contribution in [-0.4, -0.2) is 34.1 Å². The molecule has 1 aromatic rings. The van der Waals surface area contributed by atoms with E-state index in [4.69, 9.17) is 5.11 Å². The molecule has 2 heterocycles. The molecule has 0 aliphatic carbocycles. The van der Waals surface area contributed by atoms with Crippen molar-refractivity contribution in [2.45, 2.75) is 6.42 Å². The molecular weight excluding hydrogens is 243 g/mol. The van der Waals surface area contributed by atoms with Gasteiger partial charge in [-0.3, -0.25) is 0 Å². The number of carbonyl (C=O) groups is 1. The van der Waals surface area contributed by atoms with Crippen LogP contribution in [0.4, 0.5) is 10.2 Å². The summed E-state index contributed by atoms with van der Waals surface area (Å²) in [7, 11) is 0. The van der Waals surface area contributed by atoms with E-state index in [1.807, 2.05) is 11.8 Å². The van der Waals surface area contributed by atoms with Crippen LogP contribution in [0.5, 0.6) is 0 Å². The highest BCUT2D eigenvalue weighted by molar-refractivity contribution is 7.99. The summed E-state index contributed by atoms with van der Waals surface area (Å²) in [5.41, 5.74) is -0.115. The molecule has 1 aliphatic rings. The van der Waals surface area contributed by atoms with E-state index in [-0.39, 0.29) is 11.4 Å². The first-order valence-electron chi connectivity index (χ1n) is 5.37. The summed E-state index contributed by atoms with van der Waals surface area (Å²) in [6, 6.07) is 0.987. The predicted molar refractivity (Wildman–Crippen MR) is 65.1 cm³/mol. The number of carboxylic acids is 1. The molecule has 0 aromatic carbocycles. The van der Waals surface area contributed by atoms with Gasteiger partial charge in [-0.2, -0.15) is 11.8 Å². The summed E-state index contributed by atoms with van der Waals surface area (Å²) in [6.07, 6.45) is 2.15. The van der Waals surface area contributed by atoms with Crippen LogP contribution in [0.2, 0.25) is 0 Å². The first-order valence-corrected chi connectivity index (χ1v) is 6.52. The zero-order chi connectivity index (χ0) is 12.3. The quantitative estimate of drug-likeness (QED) is 0.863. The maximum absolute atomic E-state index is 12.9. The maximum Gasteiger partial charge on any atom is 0.339 e. The molecule has 1 fully saturated rings. The number of carboxylic acid groups (broad SMARTS) is 1. The van der Waals surface area contributed by atoms with Crippen LogP contribution in [0, 0.1) is 11.7 Å². The Kier molecular flexibility index (Phi) is 3.83. The number of halogens is 1. The highest BCUT2D eigenvalue weighted by Crippen LogP contribution is 2.24. The van der Waals surface area contributed by atoms with Gasteiger partial charge < -0.3 is 10.4 Å². The second-order valence-corrected chi connectivity index (χ2v) is 5.12. The summed E-state index contributed by atoms with van der Waals surface area (Å²) >= 11 is 1.89. The number of nitrogens with one attached hydrogen (secondary N) is 1. The van der Waals surface area contributed by atoms with Gasteiger partial charge in [0.25, 0.3) is 0 Å². The molecule has 0 radical (unpaired) electrons. The number of pyridine rings is 1. The van der Waals surface area contributed by atoms with Gasteiger partial charge in [0, 0.05) is 6.54 Å². The lowest BCUT2D eigenvalue weighted by Crippen LogP contribution is -2.16. The molecule has 6 heteroatoms. The Balaban J connectivity index is 2.06. The van der Waals surface area contributed by atoms with Gasteiger partial charge >= 0.3 is 5.97 Å². The molecule has 17 heavy (non-hydrogen) atoms. The van der Waals surface area contributed by atoms with Crippen molar-refractivity contribution in [3.8, 4) is 0 Å². The van der Waals surface area contributed by atoms with Gasteiger partial charge in [-0.1, -0.05) is 0 Å². The number of hydrogen-bond donors (Lipinski definition) is 2. The fourth-order valence-electron chi connectivity index (χ4n) is 1.73. The monoisotopic (exact) mass is 256 g/mol. The van der Waals surface area contributed by atoms with E-state index >= 15 is 0 Å². The third-order valence-corrected chi connectivity index (χ3v) is 3.90. The van der Waals surface area contributed by atoms with E-state index in [0.29, 0.717) is 12.5 Å². The molecule has 1 saturated heterocycles. The first-order chi connectivity index (χ1) is 8.16. The lowest BCUT2D eigenvalue weighted by atomic mass is 10.1. The molecule has 2 rings (SSSR count). The van der Waals surface area contributed by atoms with Crippen molar-refractivity contribution in [2.24, 2.45) is 5.92 Å². The van der Waals surface area contributed by atoms with Crippen LogP contribution in [0.3, 0.4) is 0 Å². The number of aromatic carboxylic acids is 1. The molecule has 1 aromatic heterocycles. The molecule has 1 aliphatic heterocycles. The van der Waals surface area contributed by atoms with Gasteiger partial charge in [-0.05, 0) is 29.9 Å². The zero-order valence-corrected chi connectivity index (χ0v) is 9.97. The second-order valence-electron chi connectivity index (χ2n) is 3.97. The minimum atomic E-state index is -1.17. The van der Waals surface area contributed by atoms with Crippen molar-refractivity contribution in [3.63, 3.8) is 0 Å². The van der Waals surface area contributed by atoms with E-state index in [0.717, 1.165) is 30.2 Å². The Labute approximate surface area is 103 Å². The molecule has 0 saturated carbocycles. The Bertz CT molecular complexity index is 422. The molecule has 0 spiro atoms. The number of aromatic nitrogens is 1. The van der Waals surface area contributed by atoms with Crippen LogP contribution in [0.15, 0.2) is 12.3 Å². The summed E-state index contributed by atoms with van der Waals surface area (Å²) < 4.78 is 12.9. The number of nitrogens with zero attached hydrogens (tertiary/aromatic N) is 1. The van der Waals surface area contributed by atoms with Crippen LogP contribution in [-0.2, 0) is 0 Å². The Morgan fingerprint density at radius 2 is 2.53 bits per heavy atom. The summed E-state index contributed by atoms with van der Waals surface area (Å²) in [6.45, 7) is 0.686. The zero-order valence-electron chi connectivity index (χ0n) is 9.15. The van der Waals surface area contributed by atoms with Crippen LogP contribution in [0.1, 0.15) is 16.8 Å². The number of thioether (sulfide) groups is 1. The molecule has 0 bridgehead atoms. The fraction of sp³-hybridized carbons (Fsp3) is 0.455. The van der Waals surface area contributed by atoms with Crippen LogP contribution >= 0.6 is 11.8 Å². The fourth-order valence-corrected chi connectivity index (χ4v) is 3.01. The average molecular weight is 256 g/mol. The molecule has 92 valence electrons. The number of hydrogen-bond acceptors (Lipinski definition) is 4. The van der Waals surface area contributed by atoms with E-state index in [2.05, 4.69) is 10.3 Å². The van der Waals surface area contributed by atoms with Gasteiger partial charge in [0.05, 0.1) is 6.20 Å². The largest absolute Gasteiger partial charge is 0.478 e. The number of rotatable bonds is 4. The third kappa shape index (κ3) is 3.09. The third-order valence-electron chi connectivity index (χ3n) is 2.67. The van der Waals surface area contributed by atoms with Crippen molar-refractivity contribution in [1.82, 2.24) is 4.98 Å². The normalized spacial score (nSPS) is 19.2. The van der Waals surface area contributed by atoms with Crippen LogP contribution in [0.25, 0.3) is 0 Å². The Morgan fingerprint density at radius 3 is 3.18 bits per heavy atom. The summed E-state index contributed by atoms with van der Waals surface area (Å²) in [5.74, 6) is 1.21. The highest BCUT2D eigenvalue weighted by atomic mass is 32.2.